The highest BCUT2D eigenvalue weighted by molar-refractivity contribution is 5.84. The number of piperidine rings is 1. The molecule has 0 saturated carbocycles. The molecule has 1 rings (SSSR count). The number of carboxylic acid groups (broad SMARTS) is 2. The van der Waals surface area contributed by atoms with Gasteiger partial charge in [-0.2, -0.15) is 0 Å². The Kier molecular flexibility index (Phi) is 3.18. The van der Waals surface area contributed by atoms with Gasteiger partial charge in [0.25, 0.3) is 0 Å². The number of aliphatic carboxylic acids is 2. The summed E-state index contributed by atoms with van der Waals surface area (Å²) in [6, 6.07) is -1.30. The van der Waals surface area contributed by atoms with E-state index in [0.717, 1.165) is 0 Å². The summed E-state index contributed by atoms with van der Waals surface area (Å²) < 4.78 is 0. The molecule has 3 atom stereocenters. The standard InChI is InChI=1S/C9H13NO6/c1-5-2-6(7(12)13)10(4-11)9(16,3-5)8(14)15/h4-6,16H,2-3H2,1H3,(H,12,13)(H,14,15). The van der Waals surface area contributed by atoms with Crippen molar-refractivity contribution in [3.8, 4) is 0 Å². The van der Waals surface area contributed by atoms with Crippen molar-refractivity contribution in [1.82, 2.24) is 4.90 Å². The fourth-order valence-electron chi connectivity index (χ4n) is 2.01. The van der Waals surface area contributed by atoms with E-state index in [0.29, 0.717) is 4.90 Å². The molecule has 1 aliphatic heterocycles. The van der Waals surface area contributed by atoms with E-state index in [-0.39, 0.29) is 25.2 Å². The molecule has 3 unspecified atom stereocenters. The third-order valence-electron chi connectivity index (χ3n) is 2.76. The Morgan fingerprint density at radius 1 is 1.44 bits per heavy atom. The first-order valence-electron chi connectivity index (χ1n) is 4.75. The van der Waals surface area contributed by atoms with Crippen LogP contribution in [0.15, 0.2) is 0 Å². The monoisotopic (exact) mass is 231 g/mol. The third kappa shape index (κ3) is 1.85. The minimum Gasteiger partial charge on any atom is -0.480 e. The highest BCUT2D eigenvalue weighted by Crippen LogP contribution is 2.33. The average Bonchev–Trinajstić information content (AvgIpc) is 2.16. The first kappa shape index (κ1) is 12.4. The summed E-state index contributed by atoms with van der Waals surface area (Å²) in [6.07, 6.45) is 0.0211. The van der Waals surface area contributed by atoms with Gasteiger partial charge in [-0.15, -0.1) is 0 Å². The number of rotatable bonds is 3. The van der Waals surface area contributed by atoms with Gasteiger partial charge in [0, 0.05) is 6.42 Å². The van der Waals surface area contributed by atoms with Crippen molar-refractivity contribution >= 4 is 18.3 Å². The first-order valence-corrected chi connectivity index (χ1v) is 4.75. The number of hydrogen-bond donors (Lipinski definition) is 3. The van der Waals surface area contributed by atoms with Crippen LogP contribution in [-0.4, -0.2) is 50.3 Å². The molecule has 0 aromatic heterocycles. The van der Waals surface area contributed by atoms with Crippen LogP contribution in [0, 0.1) is 5.92 Å². The van der Waals surface area contributed by atoms with Crippen LogP contribution in [0.5, 0.6) is 0 Å². The molecule has 0 bridgehead atoms. The molecule has 0 aromatic rings. The number of nitrogens with zero attached hydrogens (tertiary/aromatic N) is 1. The molecule has 1 fully saturated rings. The summed E-state index contributed by atoms with van der Waals surface area (Å²) >= 11 is 0. The number of carbonyl (C=O) groups is 3. The van der Waals surface area contributed by atoms with Crippen molar-refractivity contribution in [3.63, 3.8) is 0 Å². The second kappa shape index (κ2) is 4.09. The second-order valence-corrected chi connectivity index (χ2v) is 4.03. The lowest BCUT2D eigenvalue weighted by Crippen LogP contribution is -2.63. The largest absolute Gasteiger partial charge is 0.480 e. The number of aliphatic hydroxyl groups is 1. The van der Waals surface area contributed by atoms with Gasteiger partial charge in [-0.1, -0.05) is 6.92 Å². The fourth-order valence-corrected chi connectivity index (χ4v) is 2.01. The van der Waals surface area contributed by atoms with E-state index in [2.05, 4.69) is 0 Å². The fraction of sp³-hybridized carbons (Fsp3) is 0.667. The number of carboxylic acids is 2. The Bertz CT molecular complexity index is 330. The highest BCUT2D eigenvalue weighted by Gasteiger charge is 2.52. The van der Waals surface area contributed by atoms with Crippen molar-refractivity contribution in [2.45, 2.75) is 31.5 Å². The molecule has 1 saturated heterocycles. The summed E-state index contributed by atoms with van der Waals surface area (Å²) in [5, 5.41) is 27.6. The lowest BCUT2D eigenvalue weighted by atomic mass is 9.85. The molecular formula is C9H13NO6. The van der Waals surface area contributed by atoms with Crippen LogP contribution < -0.4 is 0 Å². The smallest absolute Gasteiger partial charge is 0.357 e. The van der Waals surface area contributed by atoms with Crippen molar-refractivity contribution < 1.29 is 29.7 Å². The number of likely N-dealkylation sites (tertiary alicyclic amines) is 1. The molecule has 0 spiro atoms. The maximum atomic E-state index is 10.9. The van der Waals surface area contributed by atoms with Crippen LogP contribution in [0.2, 0.25) is 0 Å². The highest BCUT2D eigenvalue weighted by atomic mass is 16.4. The van der Waals surface area contributed by atoms with Crippen LogP contribution in [0.3, 0.4) is 0 Å². The first-order chi connectivity index (χ1) is 7.32. The van der Waals surface area contributed by atoms with Crippen molar-refractivity contribution in [1.29, 1.82) is 0 Å². The predicted octanol–water partition coefficient (Wildman–Crippen LogP) is -0.899. The van der Waals surface area contributed by atoms with Crippen molar-refractivity contribution in [2.24, 2.45) is 5.92 Å². The van der Waals surface area contributed by atoms with Crippen LogP contribution in [-0.2, 0) is 14.4 Å². The van der Waals surface area contributed by atoms with Gasteiger partial charge < -0.3 is 15.3 Å². The summed E-state index contributed by atoms with van der Waals surface area (Å²) in [6.45, 7) is 1.63. The Labute approximate surface area is 91.3 Å². The van der Waals surface area contributed by atoms with E-state index < -0.39 is 23.7 Å². The van der Waals surface area contributed by atoms with Gasteiger partial charge in [-0.3, -0.25) is 9.69 Å². The normalized spacial score (nSPS) is 34.5. The SMILES string of the molecule is CC1CC(C(=O)O)N(C=O)C(O)(C(=O)O)C1. The Morgan fingerprint density at radius 3 is 2.38 bits per heavy atom. The molecule has 1 aliphatic rings. The molecule has 0 aliphatic carbocycles. The maximum Gasteiger partial charge on any atom is 0.357 e. The quantitative estimate of drug-likeness (QED) is 0.542. The molecule has 0 radical (unpaired) electrons. The number of amides is 1. The van der Waals surface area contributed by atoms with Crippen LogP contribution in [0.4, 0.5) is 0 Å². The lowest BCUT2D eigenvalue weighted by Gasteiger charge is -2.43. The molecule has 1 amide bonds. The van der Waals surface area contributed by atoms with Crippen molar-refractivity contribution in [2.75, 3.05) is 0 Å². The zero-order chi connectivity index (χ0) is 12.5. The molecule has 16 heavy (non-hydrogen) atoms. The van der Waals surface area contributed by atoms with E-state index in [9.17, 15) is 19.5 Å². The summed E-state index contributed by atoms with van der Waals surface area (Å²) in [4.78, 5) is 33.0. The molecule has 1 heterocycles. The minimum atomic E-state index is -2.43. The van der Waals surface area contributed by atoms with Gasteiger partial charge in [-0.05, 0) is 12.3 Å². The van der Waals surface area contributed by atoms with Gasteiger partial charge in [-0.25, -0.2) is 9.59 Å². The van der Waals surface area contributed by atoms with Crippen LogP contribution >= 0.6 is 0 Å². The second-order valence-electron chi connectivity index (χ2n) is 4.03. The minimum absolute atomic E-state index is 0.0682. The van der Waals surface area contributed by atoms with E-state index in [1.165, 1.54) is 0 Å². The Hall–Kier alpha value is -1.63. The molecule has 90 valence electrons. The number of hydrogen-bond acceptors (Lipinski definition) is 4. The molecule has 3 N–H and O–H groups in total. The maximum absolute atomic E-state index is 10.9. The molecule has 7 heteroatoms. The lowest BCUT2D eigenvalue weighted by molar-refractivity contribution is -0.204. The van der Waals surface area contributed by atoms with E-state index in [1.807, 2.05) is 0 Å². The Morgan fingerprint density at radius 2 is 2.00 bits per heavy atom. The Balaban J connectivity index is 3.12. The van der Waals surface area contributed by atoms with Gasteiger partial charge in [0.05, 0.1) is 0 Å². The topological polar surface area (TPSA) is 115 Å². The van der Waals surface area contributed by atoms with Crippen LogP contribution in [0.1, 0.15) is 19.8 Å². The molecule has 7 nitrogen and oxygen atoms in total. The van der Waals surface area contributed by atoms with Crippen molar-refractivity contribution in [3.05, 3.63) is 0 Å². The zero-order valence-electron chi connectivity index (χ0n) is 8.66. The predicted molar refractivity (Wildman–Crippen MR) is 50.3 cm³/mol. The summed E-state index contributed by atoms with van der Waals surface area (Å²) in [5.41, 5.74) is -2.43. The summed E-state index contributed by atoms with van der Waals surface area (Å²) in [7, 11) is 0. The zero-order valence-corrected chi connectivity index (χ0v) is 8.66. The van der Waals surface area contributed by atoms with Gasteiger partial charge in [0.1, 0.15) is 6.04 Å². The van der Waals surface area contributed by atoms with Gasteiger partial charge in [0.15, 0.2) is 0 Å². The molecule has 0 aromatic carbocycles. The molecular weight excluding hydrogens is 218 g/mol. The average molecular weight is 231 g/mol. The summed E-state index contributed by atoms with van der Waals surface area (Å²) in [5.74, 6) is -3.23. The van der Waals surface area contributed by atoms with E-state index in [4.69, 9.17) is 10.2 Å². The number of carbonyl (C=O) groups excluding carboxylic acids is 1. The van der Waals surface area contributed by atoms with E-state index >= 15 is 0 Å². The third-order valence-corrected chi connectivity index (χ3v) is 2.76. The van der Waals surface area contributed by atoms with Gasteiger partial charge >= 0.3 is 11.9 Å². The van der Waals surface area contributed by atoms with E-state index in [1.54, 1.807) is 6.92 Å². The van der Waals surface area contributed by atoms with Gasteiger partial charge in [0.2, 0.25) is 12.1 Å². The van der Waals surface area contributed by atoms with Crippen LogP contribution in [0.25, 0.3) is 0 Å².